The van der Waals surface area contributed by atoms with Crippen LogP contribution in [0.2, 0.25) is 0 Å². The van der Waals surface area contributed by atoms with Crippen LogP contribution in [-0.2, 0) is 4.79 Å². The third kappa shape index (κ3) is 4.05. The van der Waals surface area contributed by atoms with Crippen LogP contribution in [-0.4, -0.2) is 21.1 Å². The van der Waals surface area contributed by atoms with Crippen LogP contribution in [0.3, 0.4) is 0 Å². The number of halogens is 1. The molecule has 2 heterocycles. The first-order valence-electron chi connectivity index (χ1n) is 9.47. The summed E-state index contributed by atoms with van der Waals surface area (Å²) in [5.41, 5.74) is 2.58. The summed E-state index contributed by atoms with van der Waals surface area (Å²) in [6.45, 7) is 4.22. The Morgan fingerprint density at radius 1 is 1.14 bits per heavy atom. The second kappa shape index (κ2) is 8.13. The van der Waals surface area contributed by atoms with Crippen LogP contribution in [0.4, 0.5) is 9.52 Å². The predicted molar refractivity (Wildman–Crippen MR) is 114 cm³/mol. The van der Waals surface area contributed by atoms with Crippen molar-refractivity contribution in [2.45, 2.75) is 26.2 Å². The van der Waals surface area contributed by atoms with Crippen molar-refractivity contribution in [3.8, 4) is 10.6 Å². The zero-order valence-corrected chi connectivity index (χ0v) is 17.0. The summed E-state index contributed by atoms with van der Waals surface area (Å²) >= 11 is 1.16. The van der Waals surface area contributed by atoms with Gasteiger partial charge in [-0.25, -0.2) is 4.39 Å². The molecule has 0 unspecified atom stereocenters. The molecule has 0 saturated heterocycles. The molecule has 0 spiro atoms. The zero-order valence-electron chi connectivity index (χ0n) is 16.1. The lowest BCUT2D eigenvalue weighted by molar-refractivity contribution is -0.116. The number of amides is 1. The van der Waals surface area contributed by atoms with Gasteiger partial charge in [-0.15, -0.1) is 10.2 Å². The molecule has 0 saturated carbocycles. The van der Waals surface area contributed by atoms with Gasteiger partial charge in [0.2, 0.25) is 11.0 Å². The van der Waals surface area contributed by atoms with Gasteiger partial charge < -0.3 is 10.3 Å². The van der Waals surface area contributed by atoms with Gasteiger partial charge >= 0.3 is 0 Å². The standard InChI is InChI=1S/C22H21FN4OS/c1-13(2)16(17-12-24-19-10-6-4-7-14(17)19)11-20(28)25-22-27-26-21(29-22)15-8-3-5-9-18(15)23/h3-10,12-13,16,24H,11H2,1-2H3,(H,25,27,28)/t16-/m1/s1. The fourth-order valence-electron chi connectivity index (χ4n) is 3.49. The molecular weight excluding hydrogens is 387 g/mol. The molecule has 29 heavy (non-hydrogen) atoms. The van der Waals surface area contributed by atoms with Gasteiger partial charge in [0.15, 0.2) is 5.01 Å². The number of aromatic nitrogens is 3. The van der Waals surface area contributed by atoms with E-state index in [1.165, 1.54) is 6.07 Å². The summed E-state index contributed by atoms with van der Waals surface area (Å²) in [5.74, 6) is -0.153. The maximum Gasteiger partial charge on any atom is 0.226 e. The Kier molecular flexibility index (Phi) is 5.40. The molecule has 2 aromatic carbocycles. The van der Waals surface area contributed by atoms with Crippen LogP contribution in [0.5, 0.6) is 0 Å². The van der Waals surface area contributed by atoms with Gasteiger partial charge in [0.25, 0.3) is 0 Å². The Balaban J connectivity index is 1.50. The predicted octanol–water partition coefficient (Wildman–Crippen LogP) is 5.59. The van der Waals surface area contributed by atoms with Gasteiger partial charge in [0, 0.05) is 29.1 Å². The van der Waals surface area contributed by atoms with E-state index in [1.807, 2.05) is 24.4 Å². The van der Waals surface area contributed by atoms with Crippen molar-refractivity contribution in [3.63, 3.8) is 0 Å². The minimum atomic E-state index is -0.360. The summed E-state index contributed by atoms with van der Waals surface area (Å²) in [5, 5.41) is 12.8. The number of carbonyl (C=O) groups is 1. The van der Waals surface area contributed by atoms with E-state index in [0.717, 1.165) is 27.8 Å². The monoisotopic (exact) mass is 408 g/mol. The molecule has 7 heteroatoms. The van der Waals surface area contributed by atoms with Crippen LogP contribution in [0.1, 0.15) is 31.7 Å². The van der Waals surface area contributed by atoms with Crippen LogP contribution in [0.15, 0.2) is 54.7 Å². The highest BCUT2D eigenvalue weighted by Gasteiger charge is 2.23. The van der Waals surface area contributed by atoms with E-state index >= 15 is 0 Å². The highest BCUT2D eigenvalue weighted by atomic mass is 32.1. The molecule has 5 nitrogen and oxygen atoms in total. The normalized spacial score (nSPS) is 12.4. The Morgan fingerprint density at radius 3 is 2.69 bits per heavy atom. The number of para-hydroxylation sites is 1. The lowest BCUT2D eigenvalue weighted by atomic mass is 9.85. The number of anilines is 1. The van der Waals surface area contributed by atoms with Gasteiger partial charge in [-0.3, -0.25) is 4.79 Å². The van der Waals surface area contributed by atoms with E-state index in [1.54, 1.807) is 18.2 Å². The van der Waals surface area contributed by atoms with E-state index in [2.05, 4.69) is 40.4 Å². The maximum atomic E-state index is 13.9. The molecule has 4 rings (SSSR count). The number of rotatable bonds is 6. The highest BCUT2D eigenvalue weighted by Crippen LogP contribution is 2.34. The zero-order chi connectivity index (χ0) is 20.4. The van der Waals surface area contributed by atoms with Gasteiger partial charge in [-0.1, -0.05) is 55.5 Å². The quantitative estimate of drug-likeness (QED) is 0.437. The first-order valence-corrected chi connectivity index (χ1v) is 10.3. The van der Waals surface area contributed by atoms with Crippen molar-refractivity contribution < 1.29 is 9.18 Å². The average molecular weight is 409 g/mol. The van der Waals surface area contributed by atoms with E-state index in [9.17, 15) is 9.18 Å². The van der Waals surface area contributed by atoms with Gasteiger partial charge in [-0.05, 0) is 35.6 Å². The molecule has 0 fully saturated rings. The second-order valence-corrected chi connectivity index (χ2v) is 8.26. The fourth-order valence-corrected chi connectivity index (χ4v) is 4.28. The van der Waals surface area contributed by atoms with Crippen molar-refractivity contribution in [1.29, 1.82) is 0 Å². The molecule has 148 valence electrons. The lowest BCUT2D eigenvalue weighted by Gasteiger charge is -2.20. The van der Waals surface area contributed by atoms with E-state index < -0.39 is 0 Å². The van der Waals surface area contributed by atoms with Crippen molar-refractivity contribution in [2.24, 2.45) is 5.92 Å². The number of hydrogen-bond acceptors (Lipinski definition) is 4. The largest absolute Gasteiger partial charge is 0.361 e. The van der Waals surface area contributed by atoms with Crippen LogP contribution < -0.4 is 5.32 Å². The number of aromatic amines is 1. The van der Waals surface area contributed by atoms with Crippen LogP contribution >= 0.6 is 11.3 Å². The Labute approximate surface area is 172 Å². The molecule has 0 radical (unpaired) electrons. The number of carbonyl (C=O) groups excluding carboxylic acids is 1. The fraction of sp³-hybridized carbons (Fsp3) is 0.227. The summed E-state index contributed by atoms with van der Waals surface area (Å²) in [6, 6.07) is 14.5. The molecule has 0 aliphatic carbocycles. The topological polar surface area (TPSA) is 70.7 Å². The second-order valence-electron chi connectivity index (χ2n) is 7.28. The molecule has 0 aliphatic heterocycles. The molecule has 0 aliphatic rings. The molecule has 1 amide bonds. The number of fused-ring (bicyclic) bond motifs is 1. The number of nitrogens with zero attached hydrogens (tertiary/aromatic N) is 2. The van der Waals surface area contributed by atoms with Crippen molar-refractivity contribution in [1.82, 2.24) is 15.2 Å². The minimum absolute atomic E-state index is 0.0603. The van der Waals surface area contributed by atoms with Gasteiger partial charge in [-0.2, -0.15) is 0 Å². The number of benzene rings is 2. The number of nitrogens with one attached hydrogen (secondary N) is 2. The lowest BCUT2D eigenvalue weighted by Crippen LogP contribution is -2.18. The number of hydrogen-bond donors (Lipinski definition) is 2. The van der Waals surface area contributed by atoms with Gasteiger partial charge in [0.1, 0.15) is 5.82 Å². The average Bonchev–Trinajstić information content (AvgIpc) is 3.33. The first-order chi connectivity index (χ1) is 14.0. The van der Waals surface area contributed by atoms with Crippen molar-refractivity contribution in [2.75, 3.05) is 5.32 Å². The molecule has 1 atom stereocenters. The van der Waals surface area contributed by atoms with Crippen molar-refractivity contribution >= 4 is 33.3 Å². The van der Waals surface area contributed by atoms with E-state index in [0.29, 0.717) is 22.1 Å². The van der Waals surface area contributed by atoms with E-state index in [4.69, 9.17) is 0 Å². The Bertz CT molecular complexity index is 1150. The summed E-state index contributed by atoms with van der Waals surface area (Å²) in [4.78, 5) is 16.0. The Morgan fingerprint density at radius 2 is 1.90 bits per heavy atom. The van der Waals surface area contributed by atoms with E-state index in [-0.39, 0.29) is 23.6 Å². The SMILES string of the molecule is CC(C)[C@@H](CC(=O)Nc1nnc(-c2ccccc2F)s1)c1c[nH]c2ccccc12. The molecule has 0 bridgehead atoms. The summed E-state index contributed by atoms with van der Waals surface area (Å²) in [7, 11) is 0. The smallest absolute Gasteiger partial charge is 0.226 e. The highest BCUT2D eigenvalue weighted by molar-refractivity contribution is 7.18. The van der Waals surface area contributed by atoms with Crippen LogP contribution in [0, 0.1) is 11.7 Å². The molecule has 4 aromatic rings. The Hall–Kier alpha value is -3.06. The number of H-pyrrole nitrogens is 1. The molecule has 2 N–H and O–H groups in total. The summed E-state index contributed by atoms with van der Waals surface area (Å²) in [6.07, 6.45) is 2.32. The van der Waals surface area contributed by atoms with Crippen molar-refractivity contribution in [3.05, 3.63) is 66.1 Å². The first kappa shape index (κ1) is 19.3. The minimum Gasteiger partial charge on any atom is -0.361 e. The van der Waals surface area contributed by atoms with Gasteiger partial charge in [0.05, 0.1) is 0 Å². The summed E-state index contributed by atoms with van der Waals surface area (Å²) < 4.78 is 13.9. The maximum absolute atomic E-state index is 13.9. The van der Waals surface area contributed by atoms with Crippen LogP contribution in [0.25, 0.3) is 21.5 Å². The molecule has 2 aromatic heterocycles. The third-order valence-electron chi connectivity index (χ3n) is 5.01. The molecular formula is C22H21FN4OS. The third-order valence-corrected chi connectivity index (χ3v) is 5.88.